The lowest BCUT2D eigenvalue weighted by Crippen LogP contribution is -2.54. The minimum Gasteiger partial charge on any atom is -0.453 e. The summed E-state index contributed by atoms with van der Waals surface area (Å²) < 4.78 is 9.64. The van der Waals surface area contributed by atoms with Crippen molar-refractivity contribution in [1.29, 1.82) is 0 Å². The molecule has 0 aromatic heterocycles. The molecule has 1 saturated heterocycles. The van der Waals surface area contributed by atoms with Crippen molar-refractivity contribution in [3.8, 4) is 0 Å². The van der Waals surface area contributed by atoms with Gasteiger partial charge in [0, 0.05) is 0 Å². The molecule has 0 radical (unpaired) electrons. The van der Waals surface area contributed by atoms with E-state index >= 15 is 0 Å². The van der Waals surface area contributed by atoms with Gasteiger partial charge >= 0.3 is 6.09 Å². The molecule has 5 heteroatoms. The average molecular weight is 175 g/mol. The van der Waals surface area contributed by atoms with E-state index in [0.717, 1.165) is 0 Å². The Morgan fingerprint density at radius 2 is 2.33 bits per heavy atom. The highest BCUT2D eigenvalue weighted by molar-refractivity contribution is 5.68. The topological polar surface area (TPSA) is 59.0 Å². The highest BCUT2D eigenvalue weighted by Crippen LogP contribution is 2.11. The number of methoxy groups -OCH3 is 1. The molecule has 0 saturated carbocycles. The molecule has 1 aliphatic heterocycles. The molecule has 1 rings (SSSR count). The van der Waals surface area contributed by atoms with Gasteiger partial charge in [-0.3, -0.25) is 0 Å². The zero-order valence-corrected chi connectivity index (χ0v) is 7.02. The Morgan fingerprint density at radius 3 is 2.83 bits per heavy atom. The summed E-state index contributed by atoms with van der Waals surface area (Å²) in [6.07, 6.45) is -0.255. The number of nitrogens with zero attached hydrogens (tertiary/aromatic N) is 1. The molecule has 0 aromatic rings. The molecule has 1 N–H and O–H groups in total. The lowest BCUT2D eigenvalue weighted by Gasteiger charge is -2.37. The van der Waals surface area contributed by atoms with E-state index in [-0.39, 0.29) is 18.8 Å². The predicted molar refractivity (Wildman–Crippen MR) is 40.8 cm³/mol. The molecule has 0 unspecified atom stereocenters. The Bertz CT molecular complexity index is 155. The number of carbonyl (C=O) groups excluding carboxylic acids is 1. The minimum absolute atomic E-state index is 0.0225. The molecule has 1 heterocycles. The summed E-state index contributed by atoms with van der Waals surface area (Å²) in [5.41, 5.74) is 0. The second kappa shape index (κ2) is 4.27. The molecule has 5 nitrogen and oxygen atoms in total. The maximum absolute atomic E-state index is 10.8. The van der Waals surface area contributed by atoms with Gasteiger partial charge in [0.1, 0.15) is 0 Å². The SMILES string of the molecule is COC(=O)N1CC(OCCO)C1. The zero-order valence-electron chi connectivity index (χ0n) is 7.02. The first-order valence-electron chi connectivity index (χ1n) is 3.83. The van der Waals surface area contributed by atoms with Gasteiger partial charge in [0.25, 0.3) is 0 Å². The van der Waals surface area contributed by atoms with E-state index < -0.39 is 0 Å². The van der Waals surface area contributed by atoms with Crippen LogP contribution in [0.1, 0.15) is 0 Å². The van der Waals surface area contributed by atoms with E-state index in [1.807, 2.05) is 0 Å². The summed E-state index contributed by atoms with van der Waals surface area (Å²) in [7, 11) is 1.35. The highest BCUT2D eigenvalue weighted by atomic mass is 16.5. The molecule has 1 amide bonds. The summed E-state index contributed by atoms with van der Waals surface area (Å²) in [5.74, 6) is 0. The second-order valence-corrected chi connectivity index (χ2v) is 2.59. The van der Waals surface area contributed by atoms with Crippen molar-refractivity contribution in [3.05, 3.63) is 0 Å². The fourth-order valence-corrected chi connectivity index (χ4v) is 1.04. The number of hydrogen-bond acceptors (Lipinski definition) is 4. The van der Waals surface area contributed by atoms with Crippen LogP contribution in [-0.2, 0) is 9.47 Å². The maximum atomic E-state index is 10.8. The van der Waals surface area contributed by atoms with Crippen molar-refractivity contribution in [3.63, 3.8) is 0 Å². The number of carbonyl (C=O) groups is 1. The molecule has 0 spiro atoms. The van der Waals surface area contributed by atoms with Crippen LogP contribution in [0.5, 0.6) is 0 Å². The van der Waals surface area contributed by atoms with Gasteiger partial charge in [-0.1, -0.05) is 0 Å². The normalized spacial score (nSPS) is 17.3. The zero-order chi connectivity index (χ0) is 8.97. The molecule has 12 heavy (non-hydrogen) atoms. The number of aliphatic hydroxyl groups is 1. The van der Waals surface area contributed by atoms with Crippen LogP contribution in [-0.4, -0.2) is 55.6 Å². The Morgan fingerprint density at radius 1 is 1.67 bits per heavy atom. The van der Waals surface area contributed by atoms with Gasteiger partial charge in [-0.25, -0.2) is 4.79 Å². The fourth-order valence-electron chi connectivity index (χ4n) is 1.04. The lowest BCUT2D eigenvalue weighted by atomic mass is 10.2. The summed E-state index contributed by atoms with van der Waals surface area (Å²) in [6, 6.07) is 0. The molecule has 70 valence electrons. The minimum atomic E-state index is -0.321. The van der Waals surface area contributed by atoms with E-state index in [4.69, 9.17) is 9.84 Å². The number of likely N-dealkylation sites (tertiary alicyclic amines) is 1. The third-order valence-corrected chi connectivity index (χ3v) is 1.73. The van der Waals surface area contributed by atoms with Gasteiger partial charge in [0.15, 0.2) is 0 Å². The van der Waals surface area contributed by atoms with Gasteiger partial charge in [0.2, 0.25) is 0 Å². The predicted octanol–water partition coefficient (Wildman–Crippen LogP) is -0.554. The van der Waals surface area contributed by atoms with Gasteiger partial charge in [0.05, 0.1) is 39.5 Å². The third kappa shape index (κ3) is 2.09. The summed E-state index contributed by atoms with van der Waals surface area (Å²) >= 11 is 0. The lowest BCUT2D eigenvalue weighted by molar-refractivity contribution is -0.0558. The quantitative estimate of drug-likeness (QED) is 0.625. The molecule has 0 aromatic carbocycles. The van der Waals surface area contributed by atoms with Crippen molar-refractivity contribution < 1.29 is 19.4 Å². The molecular formula is C7H13NO4. The first-order valence-corrected chi connectivity index (χ1v) is 3.83. The number of aliphatic hydroxyl groups excluding tert-OH is 1. The van der Waals surface area contributed by atoms with E-state index in [1.165, 1.54) is 7.11 Å². The van der Waals surface area contributed by atoms with E-state index in [1.54, 1.807) is 4.90 Å². The van der Waals surface area contributed by atoms with Crippen LogP contribution in [0.3, 0.4) is 0 Å². The summed E-state index contributed by atoms with van der Waals surface area (Å²) in [6.45, 7) is 1.48. The smallest absolute Gasteiger partial charge is 0.409 e. The first-order chi connectivity index (χ1) is 5.77. The molecule has 0 atom stereocenters. The van der Waals surface area contributed by atoms with Crippen LogP contribution >= 0.6 is 0 Å². The van der Waals surface area contributed by atoms with E-state index in [0.29, 0.717) is 19.7 Å². The van der Waals surface area contributed by atoms with E-state index in [9.17, 15) is 4.79 Å². The van der Waals surface area contributed by atoms with Crippen molar-refractivity contribution in [2.75, 3.05) is 33.4 Å². The number of rotatable bonds is 3. The molecule has 0 bridgehead atoms. The van der Waals surface area contributed by atoms with E-state index in [2.05, 4.69) is 4.74 Å². The van der Waals surface area contributed by atoms with Crippen molar-refractivity contribution >= 4 is 6.09 Å². The van der Waals surface area contributed by atoms with Gasteiger partial charge in [-0.2, -0.15) is 0 Å². The molecule has 0 aliphatic carbocycles. The van der Waals surface area contributed by atoms with Gasteiger partial charge < -0.3 is 19.5 Å². The number of hydrogen-bond donors (Lipinski definition) is 1. The van der Waals surface area contributed by atoms with Crippen molar-refractivity contribution in [2.24, 2.45) is 0 Å². The van der Waals surface area contributed by atoms with Crippen LogP contribution < -0.4 is 0 Å². The standard InChI is InChI=1S/C7H13NO4/c1-11-7(10)8-4-6(5-8)12-3-2-9/h6,9H,2-5H2,1H3. The summed E-state index contributed by atoms with van der Waals surface area (Å²) in [4.78, 5) is 12.4. The Kier molecular flexibility index (Phi) is 3.31. The molecular weight excluding hydrogens is 162 g/mol. The average Bonchev–Trinajstić information content (AvgIpc) is 2.01. The maximum Gasteiger partial charge on any atom is 0.409 e. The largest absolute Gasteiger partial charge is 0.453 e. The molecule has 1 aliphatic rings. The Labute approximate surface area is 70.9 Å². The van der Waals surface area contributed by atoms with Crippen LogP contribution in [0.15, 0.2) is 0 Å². The Balaban J connectivity index is 2.07. The Hall–Kier alpha value is -0.810. The monoisotopic (exact) mass is 175 g/mol. The molecule has 1 fully saturated rings. The fraction of sp³-hybridized carbons (Fsp3) is 0.857. The second-order valence-electron chi connectivity index (χ2n) is 2.59. The van der Waals surface area contributed by atoms with Crippen LogP contribution in [0.25, 0.3) is 0 Å². The van der Waals surface area contributed by atoms with Crippen molar-refractivity contribution in [2.45, 2.75) is 6.10 Å². The number of ether oxygens (including phenoxy) is 2. The van der Waals surface area contributed by atoms with Crippen LogP contribution in [0.4, 0.5) is 4.79 Å². The van der Waals surface area contributed by atoms with Gasteiger partial charge in [-0.05, 0) is 0 Å². The van der Waals surface area contributed by atoms with Crippen molar-refractivity contribution in [1.82, 2.24) is 4.90 Å². The number of amides is 1. The third-order valence-electron chi connectivity index (χ3n) is 1.73. The summed E-state index contributed by atoms with van der Waals surface area (Å²) in [5, 5.41) is 8.43. The van der Waals surface area contributed by atoms with Crippen LogP contribution in [0, 0.1) is 0 Å². The first kappa shape index (κ1) is 9.28. The van der Waals surface area contributed by atoms with Crippen LogP contribution in [0.2, 0.25) is 0 Å². The highest BCUT2D eigenvalue weighted by Gasteiger charge is 2.31. The van der Waals surface area contributed by atoms with Gasteiger partial charge in [-0.15, -0.1) is 0 Å².